The maximum Gasteiger partial charge on any atom is 0.273 e. The minimum absolute atomic E-state index is 0.0157. The van der Waals surface area contributed by atoms with Crippen LogP contribution in [0, 0.1) is 5.82 Å². The Kier molecular flexibility index (Phi) is 5.25. The zero-order chi connectivity index (χ0) is 19.0. The van der Waals surface area contributed by atoms with Gasteiger partial charge in [-0.1, -0.05) is 15.9 Å². The molecule has 2 aliphatic rings. The van der Waals surface area contributed by atoms with Gasteiger partial charge in [-0.3, -0.25) is 14.5 Å². The molecule has 27 heavy (non-hydrogen) atoms. The van der Waals surface area contributed by atoms with Crippen LogP contribution in [0.2, 0.25) is 0 Å². The van der Waals surface area contributed by atoms with Gasteiger partial charge in [0, 0.05) is 60.7 Å². The molecule has 1 aromatic heterocycles. The SMILES string of the molecule is O=C(c1cc(F)cc(Br)c1)N1CC(N2CCN(C(=O)c3cscn3)CC2)C1. The number of rotatable bonds is 3. The lowest BCUT2D eigenvalue weighted by molar-refractivity contribution is 0.00841. The van der Waals surface area contributed by atoms with E-state index in [4.69, 9.17) is 0 Å². The van der Waals surface area contributed by atoms with E-state index >= 15 is 0 Å². The highest BCUT2D eigenvalue weighted by Crippen LogP contribution is 2.22. The van der Waals surface area contributed by atoms with Gasteiger partial charge in [-0.25, -0.2) is 9.37 Å². The van der Waals surface area contributed by atoms with E-state index in [0.29, 0.717) is 48.0 Å². The van der Waals surface area contributed by atoms with Gasteiger partial charge in [-0.15, -0.1) is 11.3 Å². The third-order valence-electron chi connectivity index (χ3n) is 5.03. The first-order valence-electron chi connectivity index (χ1n) is 8.68. The molecule has 4 rings (SSSR count). The molecule has 142 valence electrons. The molecular weight excluding hydrogens is 435 g/mol. The minimum Gasteiger partial charge on any atom is -0.335 e. The Morgan fingerprint density at radius 3 is 2.44 bits per heavy atom. The third-order valence-corrected chi connectivity index (χ3v) is 6.07. The fourth-order valence-corrected chi connectivity index (χ4v) is 4.47. The second-order valence-corrected chi connectivity index (χ2v) is 8.36. The number of likely N-dealkylation sites (tertiary alicyclic amines) is 1. The zero-order valence-corrected chi connectivity index (χ0v) is 16.9. The van der Waals surface area contributed by atoms with Crippen LogP contribution in [0.1, 0.15) is 20.8 Å². The molecule has 0 saturated carbocycles. The maximum atomic E-state index is 13.5. The van der Waals surface area contributed by atoms with E-state index in [1.54, 1.807) is 21.9 Å². The van der Waals surface area contributed by atoms with E-state index in [2.05, 4.69) is 25.8 Å². The summed E-state index contributed by atoms with van der Waals surface area (Å²) in [5, 5.41) is 1.77. The summed E-state index contributed by atoms with van der Waals surface area (Å²) in [6, 6.07) is 4.54. The number of carbonyl (C=O) groups is 2. The van der Waals surface area contributed by atoms with E-state index in [9.17, 15) is 14.0 Å². The van der Waals surface area contributed by atoms with E-state index in [0.717, 1.165) is 13.1 Å². The van der Waals surface area contributed by atoms with Gasteiger partial charge in [0.25, 0.3) is 11.8 Å². The standard InChI is InChI=1S/C18H18BrFN4O2S/c19-13-5-12(6-14(20)7-13)17(25)24-8-15(9-24)22-1-3-23(4-2-22)18(26)16-10-27-11-21-16/h5-7,10-11,15H,1-4,8-9H2. The van der Waals surface area contributed by atoms with Gasteiger partial charge in [0.2, 0.25) is 0 Å². The van der Waals surface area contributed by atoms with Crippen molar-refractivity contribution in [2.75, 3.05) is 39.3 Å². The van der Waals surface area contributed by atoms with Crippen molar-refractivity contribution in [1.29, 1.82) is 0 Å². The quantitative estimate of drug-likeness (QED) is 0.716. The topological polar surface area (TPSA) is 56.8 Å². The van der Waals surface area contributed by atoms with Gasteiger partial charge >= 0.3 is 0 Å². The average molecular weight is 453 g/mol. The Labute approximate surface area is 168 Å². The lowest BCUT2D eigenvalue weighted by atomic mass is 10.0. The Bertz CT molecular complexity index is 829. The highest BCUT2D eigenvalue weighted by Gasteiger charge is 2.37. The zero-order valence-electron chi connectivity index (χ0n) is 14.5. The highest BCUT2D eigenvalue weighted by molar-refractivity contribution is 9.10. The van der Waals surface area contributed by atoms with Crippen molar-refractivity contribution >= 4 is 39.1 Å². The van der Waals surface area contributed by atoms with Crippen LogP contribution in [0.4, 0.5) is 4.39 Å². The molecule has 0 N–H and O–H groups in total. The molecule has 9 heteroatoms. The molecule has 1 aromatic carbocycles. The molecule has 6 nitrogen and oxygen atoms in total. The molecule has 0 atom stereocenters. The summed E-state index contributed by atoms with van der Waals surface area (Å²) in [4.78, 5) is 34.8. The van der Waals surface area contributed by atoms with Gasteiger partial charge in [0.1, 0.15) is 11.5 Å². The summed E-state index contributed by atoms with van der Waals surface area (Å²) in [5.74, 6) is -0.590. The summed E-state index contributed by atoms with van der Waals surface area (Å²) >= 11 is 4.64. The smallest absolute Gasteiger partial charge is 0.273 e. The first-order valence-corrected chi connectivity index (χ1v) is 10.4. The first kappa shape index (κ1) is 18.5. The van der Waals surface area contributed by atoms with Crippen molar-refractivity contribution in [3.63, 3.8) is 0 Å². The Morgan fingerprint density at radius 2 is 1.81 bits per heavy atom. The van der Waals surface area contributed by atoms with Gasteiger partial charge < -0.3 is 9.80 Å². The van der Waals surface area contributed by atoms with Crippen LogP contribution in [0.3, 0.4) is 0 Å². The van der Waals surface area contributed by atoms with Crippen molar-refractivity contribution in [2.45, 2.75) is 6.04 Å². The second-order valence-electron chi connectivity index (χ2n) is 6.72. The Balaban J connectivity index is 1.28. The molecule has 0 spiro atoms. The van der Waals surface area contributed by atoms with Crippen LogP contribution in [-0.4, -0.2) is 76.8 Å². The van der Waals surface area contributed by atoms with E-state index in [1.807, 2.05) is 4.90 Å². The highest BCUT2D eigenvalue weighted by atomic mass is 79.9. The number of amides is 2. The predicted octanol–water partition coefficient (Wildman–Crippen LogP) is 2.33. The Hall–Kier alpha value is -1.84. The normalized spacial score (nSPS) is 18.4. The van der Waals surface area contributed by atoms with Gasteiger partial charge in [-0.2, -0.15) is 0 Å². The van der Waals surface area contributed by atoms with E-state index < -0.39 is 5.82 Å². The average Bonchev–Trinajstić information content (AvgIpc) is 3.14. The summed E-state index contributed by atoms with van der Waals surface area (Å²) in [6.07, 6.45) is 0. The summed E-state index contributed by atoms with van der Waals surface area (Å²) < 4.78 is 14.1. The monoisotopic (exact) mass is 452 g/mol. The fourth-order valence-electron chi connectivity index (χ4n) is 3.48. The van der Waals surface area contributed by atoms with Crippen molar-refractivity contribution in [3.8, 4) is 0 Å². The van der Waals surface area contributed by atoms with Crippen molar-refractivity contribution < 1.29 is 14.0 Å². The number of nitrogens with zero attached hydrogens (tertiary/aromatic N) is 4. The number of thiazole rings is 1. The number of halogens is 2. The van der Waals surface area contributed by atoms with Crippen LogP contribution in [-0.2, 0) is 0 Å². The van der Waals surface area contributed by atoms with Crippen LogP contribution in [0.25, 0.3) is 0 Å². The number of piperazine rings is 1. The van der Waals surface area contributed by atoms with E-state index in [-0.39, 0.29) is 11.8 Å². The number of aromatic nitrogens is 1. The number of carbonyl (C=O) groups excluding carboxylic acids is 2. The molecule has 2 fully saturated rings. The molecule has 2 aliphatic heterocycles. The van der Waals surface area contributed by atoms with Crippen molar-refractivity contribution in [2.24, 2.45) is 0 Å². The van der Waals surface area contributed by atoms with Gasteiger partial charge in [0.15, 0.2) is 0 Å². The molecule has 3 heterocycles. The molecule has 0 radical (unpaired) electrons. The van der Waals surface area contributed by atoms with Crippen LogP contribution < -0.4 is 0 Å². The van der Waals surface area contributed by atoms with Gasteiger partial charge in [-0.05, 0) is 18.2 Å². The molecule has 2 saturated heterocycles. The maximum absolute atomic E-state index is 13.5. The molecule has 0 aliphatic carbocycles. The van der Waals surface area contributed by atoms with Crippen molar-refractivity contribution in [3.05, 3.63) is 50.6 Å². The predicted molar refractivity (Wildman–Crippen MR) is 103 cm³/mol. The minimum atomic E-state index is -0.425. The van der Waals surface area contributed by atoms with Crippen LogP contribution >= 0.6 is 27.3 Å². The first-order chi connectivity index (χ1) is 13.0. The molecule has 0 unspecified atom stereocenters. The lowest BCUT2D eigenvalue weighted by Crippen LogP contribution is -2.64. The second kappa shape index (κ2) is 7.65. The lowest BCUT2D eigenvalue weighted by Gasteiger charge is -2.48. The summed E-state index contributed by atoms with van der Waals surface area (Å²) in [6.45, 7) is 4.16. The molecule has 2 aromatic rings. The van der Waals surface area contributed by atoms with Crippen molar-refractivity contribution in [1.82, 2.24) is 19.7 Å². The van der Waals surface area contributed by atoms with Crippen LogP contribution in [0.5, 0.6) is 0 Å². The molecule has 0 bridgehead atoms. The number of hydrogen-bond donors (Lipinski definition) is 0. The summed E-state index contributed by atoms with van der Waals surface area (Å²) in [5.41, 5.74) is 2.54. The Morgan fingerprint density at radius 1 is 1.07 bits per heavy atom. The molecular formula is C18H18BrFN4O2S. The largest absolute Gasteiger partial charge is 0.335 e. The number of hydrogen-bond acceptors (Lipinski definition) is 5. The third kappa shape index (κ3) is 3.90. The van der Waals surface area contributed by atoms with E-state index in [1.165, 1.54) is 23.5 Å². The van der Waals surface area contributed by atoms with Gasteiger partial charge in [0.05, 0.1) is 5.51 Å². The number of benzene rings is 1. The fraction of sp³-hybridized carbons (Fsp3) is 0.389. The summed E-state index contributed by atoms with van der Waals surface area (Å²) in [7, 11) is 0. The molecule has 2 amide bonds. The van der Waals surface area contributed by atoms with Crippen LogP contribution in [0.15, 0.2) is 33.6 Å².